The fourth-order valence-electron chi connectivity index (χ4n) is 2.99. The Balaban J connectivity index is 1.75. The van der Waals surface area contributed by atoms with E-state index in [1.54, 1.807) is 0 Å². The average Bonchev–Trinajstić information content (AvgIpc) is 2.64. The summed E-state index contributed by atoms with van der Waals surface area (Å²) in [5.74, 6) is -0.176. The van der Waals surface area contributed by atoms with Crippen LogP contribution in [0.4, 0.5) is 5.69 Å². The van der Waals surface area contributed by atoms with Crippen LogP contribution in [-0.2, 0) is 10.0 Å². The maximum absolute atomic E-state index is 12.8. The number of rotatable bonds is 4. The predicted octanol–water partition coefficient (Wildman–Crippen LogP) is 4.06. The molecule has 0 bridgehead atoms. The molecule has 6 nitrogen and oxygen atoms in total. The highest BCUT2D eigenvalue weighted by molar-refractivity contribution is 7.89. The van der Waals surface area contributed by atoms with Crippen LogP contribution in [0.2, 0.25) is 10.2 Å². The predicted molar refractivity (Wildman–Crippen MR) is 106 cm³/mol. The Hall–Kier alpha value is -1.67. The van der Waals surface area contributed by atoms with Gasteiger partial charge in [0.15, 0.2) is 0 Å². The first-order valence-electron chi connectivity index (χ1n) is 8.51. The number of hydrogen-bond donors (Lipinski definition) is 1. The van der Waals surface area contributed by atoms with E-state index in [2.05, 4.69) is 17.2 Å². The van der Waals surface area contributed by atoms with E-state index in [-0.39, 0.29) is 20.8 Å². The molecule has 0 aliphatic carbocycles. The molecular weight excluding hydrogens is 409 g/mol. The number of nitrogens with zero attached hydrogens (tertiary/aromatic N) is 2. The maximum Gasteiger partial charge on any atom is 0.275 e. The number of pyridine rings is 1. The minimum Gasteiger partial charge on any atom is -0.321 e. The molecule has 0 radical (unpaired) electrons. The number of nitrogens with one attached hydrogen (secondary N) is 1. The number of amides is 1. The van der Waals surface area contributed by atoms with Crippen molar-refractivity contribution < 1.29 is 13.2 Å². The van der Waals surface area contributed by atoms with E-state index >= 15 is 0 Å². The monoisotopic (exact) mass is 427 g/mol. The molecule has 2 heterocycles. The molecule has 1 aliphatic rings. The summed E-state index contributed by atoms with van der Waals surface area (Å²) in [5, 5.41) is 2.97. The van der Waals surface area contributed by atoms with Gasteiger partial charge in [-0.1, -0.05) is 30.1 Å². The standard InChI is InChI=1S/C18H19Cl2N3O3S/c1-12-3-2-10-23(11-12)27(25,26)14-6-4-13(5-7-14)21-18(24)17-15(19)8-9-16(20)22-17/h4-9,12H,2-3,10-11H2,1H3,(H,21,24). The topological polar surface area (TPSA) is 79.4 Å². The highest BCUT2D eigenvalue weighted by Gasteiger charge is 2.28. The summed E-state index contributed by atoms with van der Waals surface area (Å²) in [4.78, 5) is 16.4. The first-order chi connectivity index (χ1) is 12.8. The Labute approximate surface area is 168 Å². The lowest BCUT2D eigenvalue weighted by atomic mass is 10.0. The number of anilines is 1. The normalized spacial score (nSPS) is 18.3. The highest BCUT2D eigenvalue weighted by atomic mass is 35.5. The van der Waals surface area contributed by atoms with E-state index in [0.29, 0.717) is 24.7 Å². The van der Waals surface area contributed by atoms with Crippen molar-refractivity contribution >= 4 is 44.8 Å². The number of sulfonamides is 1. The van der Waals surface area contributed by atoms with Crippen LogP contribution < -0.4 is 5.32 Å². The second-order valence-corrected chi connectivity index (χ2v) is 9.29. The van der Waals surface area contributed by atoms with Crippen LogP contribution in [0.5, 0.6) is 0 Å². The van der Waals surface area contributed by atoms with Crippen molar-refractivity contribution in [3.05, 3.63) is 52.3 Å². The third-order valence-corrected chi connectivity index (χ3v) is 6.79. The zero-order valence-corrected chi connectivity index (χ0v) is 17.0. The Morgan fingerprint density at radius 2 is 1.89 bits per heavy atom. The number of hydrogen-bond acceptors (Lipinski definition) is 4. The van der Waals surface area contributed by atoms with Gasteiger partial charge >= 0.3 is 0 Å². The molecule has 3 rings (SSSR count). The molecule has 1 aromatic carbocycles. The molecule has 0 spiro atoms. The van der Waals surface area contributed by atoms with E-state index in [4.69, 9.17) is 23.2 Å². The van der Waals surface area contributed by atoms with E-state index < -0.39 is 15.9 Å². The molecule has 27 heavy (non-hydrogen) atoms. The average molecular weight is 428 g/mol. The molecule has 1 unspecified atom stereocenters. The summed E-state index contributed by atoms with van der Waals surface area (Å²) >= 11 is 11.8. The Bertz CT molecular complexity index is 949. The van der Waals surface area contributed by atoms with Crippen LogP contribution in [-0.4, -0.2) is 36.7 Å². The number of carbonyl (C=O) groups is 1. The quantitative estimate of drug-likeness (QED) is 0.745. The summed E-state index contributed by atoms with van der Waals surface area (Å²) < 4.78 is 27.1. The third kappa shape index (κ3) is 4.60. The zero-order valence-electron chi connectivity index (χ0n) is 14.7. The summed E-state index contributed by atoms with van der Waals surface area (Å²) in [6.07, 6.45) is 1.90. The number of aromatic nitrogens is 1. The van der Waals surface area contributed by atoms with Crippen LogP contribution in [0.25, 0.3) is 0 Å². The molecule has 1 aromatic heterocycles. The Kier molecular flexibility index (Phi) is 6.05. The molecule has 9 heteroatoms. The molecule has 1 amide bonds. The minimum absolute atomic E-state index is 0.00293. The van der Waals surface area contributed by atoms with E-state index in [0.717, 1.165) is 12.8 Å². The number of carbonyl (C=O) groups excluding carboxylic acids is 1. The van der Waals surface area contributed by atoms with Crippen LogP contribution in [0.1, 0.15) is 30.3 Å². The van der Waals surface area contributed by atoms with Crippen LogP contribution in [0.15, 0.2) is 41.3 Å². The fraction of sp³-hybridized carbons (Fsp3) is 0.333. The van der Waals surface area contributed by atoms with Gasteiger partial charge in [-0.15, -0.1) is 0 Å². The van der Waals surface area contributed by atoms with Crippen molar-refractivity contribution in [2.24, 2.45) is 5.92 Å². The van der Waals surface area contributed by atoms with E-state index in [1.165, 1.54) is 40.7 Å². The lowest BCUT2D eigenvalue weighted by Gasteiger charge is -2.30. The van der Waals surface area contributed by atoms with Crippen molar-refractivity contribution in [1.29, 1.82) is 0 Å². The highest BCUT2D eigenvalue weighted by Crippen LogP contribution is 2.25. The number of piperidine rings is 1. The van der Waals surface area contributed by atoms with Crippen molar-refractivity contribution in [1.82, 2.24) is 9.29 Å². The Morgan fingerprint density at radius 3 is 2.56 bits per heavy atom. The summed E-state index contributed by atoms with van der Waals surface area (Å²) in [5.41, 5.74) is 0.437. The Morgan fingerprint density at radius 1 is 1.19 bits per heavy atom. The van der Waals surface area contributed by atoms with Gasteiger partial charge in [-0.2, -0.15) is 4.31 Å². The summed E-state index contributed by atoms with van der Waals surface area (Å²) in [6, 6.07) is 9.02. The molecule has 1 N–H and O–H groups in total. The van der Waals surface area contributed by atoms with Crippen LogP contribution >= 0.6 is 23.2 Å². The van der Waals surface area contributed by atoms with E-state index in [1.807, 2.05) is 0 Å². The second kappa shape index (κ2) is 8.14. The lowest BCUT2D eigenvalue weighted by Crippen LogP contribution is -2.39. The van der Waals surface area contributed by atoms with Crippen molar-refractivity contribution in [3.63, 3.8) is 0 Å². The molecule has 1 fully saturated rings. The van der Waals surface area contributed by atoms with Crippen LogP contribution in [0, 0.1) is 5.92 Å². The smallest absolute Gasteiger partial charge is 0.275 e. The molecule has 0 saturated carbocycles. The fourth-order valence-corrected chi connectivity index (χ4v) is 4.93. The summed E-state index contributed by atoms with van der Waals surface area (Å²) in [7, 11) is -3.53. The summed E-state index contributed by atoms with van der Waals surface area (Å²) in [6.45, 7) is 3.11. The van der Waals surface area contributed by atoms with Gasteiger partial charge in [0, 0.05) is 18.8 Å². The minimum atomic E-state index is -3.53. The van der Waals surface area contributed by atoms with Crippen molar-refractivity contribution in [2.75, 3.05) is 18.4 Å². The first kappa shape index (κ1) is 20.1. The van der Waals surface area contributed by atoms with Gasteiger partial charge < -0.3 is 5.32 Å². The maximum atomic E-state index is 12.8. The van der Waals surface area contributed by atoms with Crippen molar-refractivity contribution in [3.8, 4) is 0 Å². The molecule has 1 aliphatic heterocycles. The lowest BCUT2D eigenvalue weighted by molar-refractivity contribution is 0.102. The van der Waals surface area contributed by atoms with Gasteiger partial charge in [0.25, 0.3) is 5.91 Å². The molecular formula is C18H19Cl2N3O3S. The SMILES string of the molecule is CC1CCCN(S(=O)(=O)c2ccc(NC(=O)c3nc(Cl)ccc3Cl)cc2)C1. The van der Waals surface area contributed by atoms with Gasteiger partial charge in [0.2, 0.25) is 10.0 Å². The third-order valence-electron chi connectivity index (χ3n) is 4.40. The van der Waals surface area contributed by atoms with Gasteiger partial charge in [-0.25, -0.2) is 13.4 Å². The van der Waals surface area contributed by atoms with Crippen LogP contribution in [0.3, 0.4) is 0 Å². The largest absolute Gasteiger partial charge is 0.321 e. The van der Waals surface area contributed by atoms with Gasteiger partial charge in [0.05, 0.1) is 9.92 Å². The van der Waals surface area contributed by atoms with Gasteiger partial charge in [-0.05, 0) is 55.2 Å². The first-order valence-corrected chi connectivity index (χ1v) is 10.7. The zero-order chi connectivity index (χ0) is 19.6. The molecule has 2 aromatic rings. The molecule has 1 saturated heterocycles. The van der Waals surface area contributed by atoms with Crippen molar-refractivity contribution in [2.45, 2.75) is 24.7 Å². The van der Waals surface area contributed by atoms with Gasteiger partial charge in [0.1, 0.15) is 10.8 Å². The number of benzene rings is 1. The number of halogens is 2. The molecule has 1 atom stereocenters. The van der Waals surface area contributed by atoms with E-state index in [9.17, 15) is 13.2 Å². The van der Waals surface area contributed by atoms with Gasteiger partial charge in [-0.3, -0.25) is 4.79 Å². The molecule has 144 valence electrons. The second-order valence-electron chi connectivity index (χ2n) is 6.55.